The lowest BCUT2D eigenvalue weighted by atomic mass is 10.0. The van der Waals surface area contributed by atoms with Crippen molar-refractivity contribution in [1.82, 2.24) is 36.2 Å². The molecule has 5 atom stereocenters. The van der Waals surface area contributed by atoms with Gasteiger partial charge in [0.25, 0.3) is 17.7 Å². The molecule has 0 aliphatic carbocycles. The number of halogens is 1. The number of aldehydes is 1. The Balaban J connectivity index is 1.82. The van der Waals surface area contributed by atoms with Crippen LogP contribution in [-0.4, -0.2) is 113 Å². The van der Waals surface area contributed by atoms with Crippen LogP contribution in [0.3, 0.4) is 0 Å². The third-order valence-corrected chi connectivity index (χ3v) is 9.37. The molecular weight excluding hydrogens is 866 g/mol. The molecule has 1 aliphatic heterocycles. The summed E-state index contributed by atoms with van der Waals surface area (Å²) in [5.74, 6) is -4.27. The molecule has 0 radical (unpaired) electrons. The number of imide groups is 1. The SMILES string of the molecule is CC(=O)N[C@H](C=O)CCC(=O)N[C@@H](CC(C)C)C(=O)N[C@@H](C)C(=O)N(P)CC(=O)N[C@@H](C)C(=O)N(I)c1ccc(COC(=O)NCCN2C(=O)C=CC2=O)cc1. The molecule has 19 nitrogen and oxygen atoms in total. The maximum atomic E-state index is 13.1. The molecule has 2 rings (SSSR count). The quantitative estimate of drug-likeness (QED) is 0.0366. The van der Waals surface area contributed by atoms with Crippen molar-refractivity contribution in [1.29, 1.82) is 0 Å². The largest absolute Gasteiger partial charge is 0.445 e. The third kappa shape index (κ3) is 16.0. The smallest absolute Gasteiger partial charge is 0.407 e. The van der Waals surface area contributed by atoms with Gasteiger partial charge in [0.1, 0.15) is 37.6 Å². The van der Waals surface area contributed by atoms with Crippen molar-refractivity contribution in [3.8, 4) is 0 Å². The van der Waals surface area contributed by atoms with Crippen LogP contribution >= 0.6 is 32.3 Å². The van der Waals surface area contributed by atoms with Crippen molar-refractivity contribution in [3.05, 3.63) is 42.0 Å². The molecule has 9 amide bonds. The van der Waals surface area contributed by atoms with Gasteiger partial charge in [-0.3, -0.25) is 46.4 Å². The highest BCUT2D eigenvalue weighted by atomic mass is 127. The van der Waals surface area contributed by atoms with Crippen molar-refractivity contribution in [2.45, 2.75) is 84.7 Å². The van der Waals surface area contributed by atoms with Gasteiger partial charge in [0.2, 0.25) is 29.5 Å². The Morgan fingerprint density at radius 2 is 1.48 bits per heavy atom. The van der Waals surface area contributed by atoms with E-state index in [9.17, 15) is 47.9 Å². The van der Waals surface area contributed by atoms with Crippen molar-refractivity contribution in [2.24, 2.45) is 5.92 Å². The number of hydrogen-bond donors (Lipinski definition) is 5. The second-order valence-electron chi connectivity index (χ2n) is 13.2. The van der Waals surface area contributed by atoms with E-state index in [0.29, 0.717) is 17.5 Å². The average Bonchev–Trinajstić information content (AvgIpc) is 3.46. The lowest BCUT2D eigenvalue weighted by Crippen LogP contribution is -2.53. The van der Waals surface area contributed by atoms with Gasteiger partial charge in [-0.1, -0.05) is 26.0 Å². The van der Waals surface area contributed by atoms with Gasteiger partial charge in [0.05, 0.1) is 34.6 Å². The summed E-state index contributed by atoms with van der Waals surface area (Å²) >= 11 is 1.78. The maximum absolute atomic E-state index is 13.1. The number of rotatable bonds is 21. The average molecular weight is 915 g/mol. The number of benzene rings is 1. The molecule has 21 heteroatoms. The van der Waals surface area contributed by atoms with Gasteiger partial charge in [-0.15, -0.1) is 0 Å². The zero-order valence-corrected chi connectivity index (χ0v) is 35.0. The second kappa shape index (κ2) is 23.2. The molecule has 306 valence electrons. The summed E-state index contributed by atoms with van der Waals surface area (Å²) < 4.78 is 7.44. The van der Waals surface area contributed by atoms with Gasteiger partial charge >= 0.3 is 6.09 Å². The van der Waals surface area contributed by atoms with E-state index in [-0.39, 0.29) is 44.9 Å². The molecule has 56 heavy (non-hydrogen) atoms. The van der Waals surface area contributed by atoms with E-state index in [0.717, 1.165) is 21.7 Å². The Morgan fingerprint density at radius 3 is 2.05 bits per heavy atom. The molecule has 0 fully saturated rings. The Labute approximate surface area is 340 Å². The number of ether oxygens (including phenoxy) is 1. The third-order valence-electron chi connectivity index (χ3n) is 7.90. The predicted molar refractivity (Wildman–Crippen MR) is 213 cm³/mol. The molecule has 0 saturated heterocycles. The van der Waals surface area contributed by atoms with Crippen LogP contribution in [0.25, 0.3) is 0 Å². The van der Waals surface area contributed by atoms with Crippen molar-refractivity contribution in [2.75, 3.05) is 22.7 Å². The number of nitrogens with one attached hydrogen (secondary N) is 5. The van der Waals surface area contributed by atoms with Gasteiger partial charge in [-0.25, -0.2) is 4.79 Å². The second-order valence-corrected chi connectivity index (χ2v) is 14.8. The van der Waals surface area contributed by atoms with E-state index in [2.05, 4.69) is 36.0 Å². The highest BCUT2D eigenvalue weighted by Crippen LogP contribution is 2.21. The van der Waals surface area contributed by atoms with Crippen LogP contribution in [0.5, 0.6) is 0 Å². The number of amides is 9. The first-order valence-corrected chi connectivity index (χ1v) is 19.0. The molecule has 1 aromatic rings. The monoisotopic (exact) mass is 914 g/mol. The maximum Gasteiger partial charge on any atom is 0.407 e. The fraction of sp³-hybridized carbons (Fsp3) is 0.486. The molecule has 1 heterocycles. The van der Waals surface area contributed by atoms with E-state index in [1.54, 1.807) is 47.1 Å². The minimum atomic E-state index is -1.10. The van der Waals surface area contributed by atoms with Gasteiger partial charge in [-0.2, -0.15) is 0 Å². The molecule has 1 aromatic carbocycles. The number of hydrogen-bond acceptors (Lipinski definition) is 11. The first-order valence-electron chi connectivity index (χ1n) is 17.5. The molecule has 0 bridgehead atoms. The van der Waals surface area contributed by atoms with Gasteiger partial charge < -0.3 is 40.8 Å². The van der Waals surface area contributed by atoms with Crippen LogP contribution in [0.2, 0.25) is 0 Å². The van der Waals surface area contributed by atoms with Gasteiger partial charge in [0, 0.05) is 38.6 Å². The van der Waals surface area contributed by atoms with E-state index in [4.69, 9.17) is 4.74 Å². The summed E-state index contributed by atoms with van der Waals surface area (Å²) in [6, 6.07) is 2.55. The molecule has 5 N–H and O–H groups in total. The summed E-state index contributed by atoms with van der Waals surface area (Å²) in [6.45, 7) is 7.28. The Morgan fingerprint density at radius 1 is 0.875 bits per heavy atom. The summed E-state index contributed by atoms with van der Waals surface area (Å²) in [7, 11) is 2.11. The summed E-state index contributed by atoms with van der Waals surface area (Å²) in [5.41, 5.74) is 1.07. The van der Waals surface area contributed by atoms with Crippen LogP contribution in [0, 0.1) is 5.92 Å². The minimum absolute atomic E-state index is 0.000248. The van der Waals surface area contributed by atoms with Crippen molar-refractivity contribution in [3.63, 3.8) is 0 Å². The Kier molecular flexibility index (Phi) is 19.5. The molecular formula is C35H48IN8O11P. The summed E-state index contributed by atoms with van der Waals surface area (Å²) in [5, 5.41) is 12.6. The molecule has 0 saturated carbocycles. The van der Waals surface area contributed by atoms with Gasteiger partial charge in [-0.05, 0) is 59.7 Å². The van der Waals surface area contributed by atoms with E-state index in [1.807, 2.05) is 13.8 Å². The predicted octanol–water partition coefficient (Wildman–Crippen LogP) is 0.164. The lowest BCUT2D eigenvalue weighted by molar-refractivity contribution is -0.137. The molecule has 0 spiro atoms. The number of anilines is 1. The first-order chi connectivity index (χ1) is 26.3. The van der Waals surface area contributed by atoms with Crippen molar-refractivity contribution < 1.29 is 52.7 Å². The topological polar surface area (TPSA) is 250 Å². The van der Waals surface area contributed by atoms with E-state index in [1.165, 1.54) is 23.9 Å². The zero-order chi connectivity index (χ0) is 42.1. The number of carbonyl (C=O) groups is 10. The Hall–Kier alpha value is -4.98. The first kappa shape index (κ1) is 47.2. The Bertz CT molecular complexity index is 1660. The summed E-state index contributed by atoms with van der Waals surface area (Å²) in [6.07, 6.45) is 2.22. The van der Waals surface area contributed by atoms with Crippen LogP contribution < -0.4 is 29.7 Å². The van der Waals surface area contributed by atoms with E-state index < -0.39 is 84.1 Å². The van der Waals surface area contributed by atoms with Crippen LogP contribution in [0.1, 0.15) is 59.4 Å². The standard InChI is InChI=1S/C35H48IN8O11P/c1-20(2)16-27(41-28(47)11-8-25(18-45)40-23(5)46)32(51)39-21(3)33(52)43(56)17-29(48)38-22(4)34(53)44(36)26-9-6-24(7-10-26)19-55-35(54)37-14-15-42-30(49)12-13-31(42)50/h6-7,9-10,12-13,18,20-22,25,27H,8,11,14-17,19,56H2,1-5H3,(H,37,54)(H,38,48)(H,39,51)(H,40,46)(H,41,47)/t21-,22-,25-,27-/m0/s1. The highest BCUT2D eigenvalue weighted by molar-refractivity contribution is 14.1. The minimum Gasteiger partial charge on any atom is -0.445 e. The van der Waals surface area contributed by atoms with Crippen LogP contribution in [-0.2, 0) is 54.5 Å². The molecule has 1 unspecified atom stereocenters. The van der Waals surface area contributed by atoms with E-state index >= 15 is 0 Å². The van der Waals surface area contributed by atoms with Crippen LogP contribution in [0.4, 0.5) is 10.5 Å². The summed E-state index contributed by atoms with van der Waals surface area (Å²) in [4.78, 5) is 123. The fourth-order valence-electron chi connectivity index (χ4n) is 5.04. The number of nitrogens with zero attached hydrogens (tertiary/aromatic N) is 3. The van der Waals surface area contributed by atoms with Gasteiger partial charge in [0.15, 0.2) is 0 Å². The highest BCUT2D eigenvalue weighted by Gasteiger charge is 2.29. The fourth-order valence-corrected chi connectivity index (χ4v) is 6.17. The molecule has 0 aromatic heterocycles. The lowest BCUT2D eigenvalue weighted by Gasteiger charge is -2.25. The van der Waals surface area contributed by atoms with Crippen molar-refractivity contribution >= 4 is 97.6 Å². The number of alkyl carbamates (subject to hydrolysis) is 1. The normalized spacial score (nSPS) is 14.2. The molecule has 1 aliphatic rings. The van der Waals surface area contributed by atoms with Crippen LogP contribution in [0.15, 0.2) is 36.4 Å². The zero-order valence-electron chi connectivity index (χ0n) is 31.7. The number of carbonyl (C=O) groups excluding carboxylic acids is 10.